The fraction of sp³-hybridized carbons (Fsp3) is 0.750. The molecule has 0 amide bonds. The van der Waals surface area contributed by atoms with Crippen molar-refractivity contribution in [2.24, 2.45) is 28.6 Å². The number of epoxide rings is 1. The van der Waals surface area contributed by atoms with Gasteiger partial charge in [-0.05, 0) is 63.0 Å². The molecule has 1 saturated heterocycles. The summed E-state index contributed by atoms with van der Waals surface area (Å²) in [4.78, 5) is 25.2. The normalized spacial score (nSPS) is 53.1. The minimum absolute atomic E-state index is 0.00129. The molecule has 0 bridgehead atoms. The predicted octanol–water partition coefficient (Wildman–Crippen LogP) is 1.30. The van der Waals surface area contributed by atoms with Crippen molar-refractivity contribution in [3.8, 4) is 0 Å². The van der Waals surface area contributed by atoms with Crippen molar-refractivity contribution in [1.82, 2.24) is 0 Å². The molecule has 5 unspecified atom stereocenters. The number of Topliss-reactive ketones (excluding diaryl/α,β-unsaturated/α-hetero) is 1. The Morgan fingerprint density at radius 2 is 2.03 bits per heavy atom. The van der Waals surface area contributed by atoms with Gasteiger partial charge < -0.3 is 24.8 Å². The van der Waals surface area contributed by atoms with E-state index in [-0.39, 0.29) is 29.6 Å². The number of hydrogen-bond donors (Lipinski definition) is 3. The first-order valence-corrected chi connectivity index (χ1v) is 11.3. The molecule has 3 saturated carbocycles. The summed E-state index contributed by atoms with van der Waals surface area (Å²) in [5, 5.41) is 32.0. The summed E-state index contributed by atoms with van der Waals surface area (Å²) in [6, 6.07) is 0. The van der Waals surface area contributed by atoms with E-state index in [4.69, 9.17) is 9.47 Å². The molecule has 0 aromatic carbocycles. The molecule has 0 radical (unpaired) electrons. The zero-order chi connectivity index (χ0) is 22.6. The van der Waals surface area contributed by atoms with Gasteiger partial charge >= 0.3 is 0 Å². The van der Waals surface area contributed by atoms with Crippen LogP contribution < -0.4 is 0 Å². The molecule has 7 nitrogen and oxygen atoms in total. The van der Waals surface area contributed by atoms with Crippen molar-refractivity contribution in [3.05, 3.63) is 23.8 Å². The van der Waals surface area contributed by atoms with Gasteiger partial charge in [0.2, 0.25) is 0 Å². The van der Waals surface area contributed by atoms with Crippen LogP contribution in [0, 0.1) is 28.6 Å². The molecule has 5 aliphatic rings. The summed E-state index contributed by atoms with van der Waals surface area (Å²) in [7, 11) is 0. The molecule has 1 heterocycles. The first kappa shape index (κ1) is 21.5. The minimum Gasteiger partial charge on any atom is -0.390 e. The van der Waals surface area contributed by atoms with E-state index in [1.807, 2.05) is 13.0 Å². The van der Waals surface area contributed by atoms with Crippen LogP contribution in [-0.2, 0) is 19.1 Å². The lowest BCUT2D eigenvalue weighted by atomic mass is 9.45. The van der Waals surface area contributed by atoms with Crippen LogP contribution in [0.2, 0.25) is 0 Å². The van der Waals surface area contributed by atoms with Crippen LogP contribution in [0.4, 0.5) is 0 Å². The van der Waals surface area contributed by atoms with Crippen LogP contribution in [0.1, 0.15) is 47.0 Å². The fourth-order valence-corrected chi connectivity index (χ4v) is 7.86. The Hall–Kier alpha value is -1.38. The topological polar surface area (TPSA) is 117 Å². The van der Waals surface area contributed by atoms with E-state index < -0.39 is 46.8 Å². The number of aliphatic hydroxyl groups excluding tert-OH is 2. The predicted molar refractivity (Wildman–Crippen MR) is 110 cm³/mol. The number of aliphatic hydroxyl groups is 3. The Morgan fingerprint density at radius 1 is 1.32 bits per heavy atom. The average molecular weight is 433 g/mol. The Labute approximate surface area is 182 Å². The maximum absolute atomic E-state index is 13.1. The maximum atomic E-state index is 13.1. The summed E-state index contributed by atoms with van der Waals surface area (Å²) in [6.45, 7) is 7.08. The van der Waals surface area contributed by atoms with Gasteiger partial charge in [-0.25, -0.2) is 0 Å². The molecule has 5 rings (SSSR count). The quantitative estimate of drug-likeness (QED) is 0.453. The molecule has 0 aromatic heterocycles. The summed E-state index contributed by atoms with van der Waals surface area (Å²) in [5.41, 5.74) is -2.62. The van der Waals surface area contributed by atoms with Crippen LogP contribution in [0.3, 0.4) is 0 Å². The molecule has 4 aliphatic carbocycles. The maximum Gasteiger partial charge on any atom is 0.193 e. The second kappa shape index (κ2) is 6.35. The number of fused-ring (bicyclic) bond motifs is 3. The minimum atomic E-state index is -1.96. The molecule has 4 fully saturated rings. The monoisotopic (exact) mass is 432 g/mol. The Kier molecular flexibility index (Phi) is 4.40. The van der Waals surface area contributed by atoms with Crippen molar-refractivity contribution in [1.29, 1.82) is 0 Å². The summed E-state index contributed by atoms with van der Waals surface area (Å²) < 4.78 is 11.5. The zero-order valence-electron chi connectivity index (χ0n) is 18.5. The molecule has 7 heteroatoms. The van der Waals surface area contributed by atoms with E-state index in [0.29, 0.717) is 12.8 Å². The number of ether oxygens (including phenoxy) is 2. The molecule has 170 valence electrons. The molecule has 10 atom stereocenters. The van der Waals surface area contributed by atoms with E-state index >= 15 is 0 Å². The van der Waals surface area contributed by atoms with Crippen LogP contribution in [0.15, 0.2) is 23.8 Å². The van der Waals surface area contributed by atoms with Crippen molar-refractivity contribution < 1.29 is 34.4 Å². The van der Waals surface area contributed by atoms with Crippen LogP contribution in [-0.4, -0.2) is 63.2 Å². The second-order valence-corrected chi connectivity index (χ2v) is 10.8. The highest BCUT2D eigenvalue weighted by Gasteiger charge is 2.82. The van der Waals surface area contributed by atoms with Gasteiger partial charge in [-0.1, -0.05) is 25.5 Å². The molecule has 3 N–H and O–H groups in total. The highest BCUT2D eigenvalue weighted by Crippen LogP contribution is 2.76. The third kappa shape index (κ3) is 2.42. The van der Waals surface area contributed by atoms with Crippen molar-refractivity contribution >= 4 is 11.6 Å². The highest BCUT2D eigenvalue weighted by atomic mass is 16.6. The highest BCUT2D eigenvalue weighted by molar-refractivity contribution is 6.01. The smallest absolute Gasteiger partial charge is 0.193 e. The molecule has 1 aliphatic heterocycles. The lowest BCUT2D eigenvalue weighted by molar-refractivity contribution is -0.182. The van der Waals surface area contributed by atoms with E-state index in [2.05, 4.69) is 13.8 Å². The van der Waals surface area contributed by atoms with Gasteiger partial charge in [-0.3, -0.25) is 9.59 Å². The standard InChI is InChI=1S/C24H32O7/c1-12-7-17-16-9-18(27)23(29,19(28)11-30-13(2)25)22(16,4)10-20-24(17,31-20)21(3)6-5-14(26)8-15(12)21/h5-6,8,12-13,16-18,20,25,27,29H,7,9-11H2,1-4H3/t12-,13?,16?,17?,18+,20?,21-,22-,23-,24?/m0/s1. The number of hydrogen-bond acceptors (Lipinski definition) is 7. The summed E-state index contributed by atoms with van der Waals surface area (Å²) in [5.74, 6) is -0.518. The van der Waals surface area contributed by atoms with Crippen LogP contribution in [0.5, 0.6) is 0 Å². The van der Waals surface area contributed by atoms with Gasteiger partial charge in [0.25, 0.3) is 0 Å². The average Bonchev–Trinajstić information content (AvgIpc) is 3.38. The molecule has 31 heavy (non-hydrogen) atoms. The van der Waals surface area contributed by atoms with Crippen molar-refractivity contribution in [2.75, 3.05) is 6.61 Å². The lowest BCUT2D eigenvalue weighted by Crippen LogP contribution is -2.64. The Bertz CT molecular complexity index is 908. The third-order valence-corrected chi connectivity index (χ3v) is 9.36. The second-order valence-electron chi connectivity index (χ2n) is 10.8. The first-order valence-electron chi connectivity index (χ1n) is 11.3. The lowest BCUT2D eigenvalue weighted by Gasteiger charge is -2.57. The number of rotatable bonds is 4. The van der Waals surface area contributed by atoms with Gasteiger partial charge in [-0.15, -0.1) is 0 Å². The van der Waals surface area contributed by atoms with Gasteiger partial charge in [0.1, 0.15) is 12.2 Å². The van der Waals surface area contributed by atoms with E-state index in [1.165, 1.54) is 6.92 Å². The molecule has 1 spiro atoms. The Morgan fingerprint density at radius 3 is 2.71 bits per heavy atom. The molecular weight excluding hydrogens is 400 g/mol. The molecular formula is C24H32O7. The summed E-state index contributed by atoms with van der Waals surface area (Å²) in [6.07, 6.45) is 4.38. The summed E-state index contributed by atoms with van der Waals surface area (Å²) >= 11 is 0. The third-order valence-electron chi connectivity index (χ3n) is 9.36. The van der Waals surface area contributed by atoms with Crippen LogP contribution in [0.25, 0.3) is 0 Å². The van der Waals surface area contributed by atoms with Gasteiger partial charge in [-0.2, -0.15) is 0 Å². The fourth-order valence-electron chi connectivity index (χ4n) is 7.86. The van der Waals surface area contributed by atoms with Crippen molar-refractivity contribution in [3.63, 3.8) is 0 Å². The van der Waals surface area contributed by atoms with Gasteiger partial charge in [0, 0.05) is 10.8 Å². The van der Waals surface area contributed by atoms with Gasteiger partial charge in [0.15, 0.2) is 23.5 Å². The molecule has 0 aromatic rings. The Balaban J connectivity index is 1.54. The van der Waals surface area contributed by atoms with Gasteiger partial charge in [0.05, 0.1) is 12.2 Å². The first-order chi connectivity index (χ1) is 14.4. The number of ketones is 2. The van der Waals surface area contributed by atoms with Crippen molar-refractivity contribution in [2.45, 2.75) is 76.7 Å². The number of carbonyl (C=O) groups is 2. The SMILES string of the molecule is CC(O)OCC(=O)[C@@]1(O)[C@H](O)CC2C3C[C@H](C)C4=CC(=O)C=C[C@]4(C)C34OC4C[C@@]21C. The zero-order valence-corrected chi connectivity index (χ0v) is 18.5. The number of carbonyl (C=O) groups excluding carboxylic acids is 2. The van der Waals surface area contributed by atoms with E-state index in [0.717, 1.165) is 12.0 Å². The van der Waals surface area contributed by atoms with E-state index in [9.17, 15) is 24.9 Å². The number of allylic oxidation sites excluding steroid dienone is 2. The largest absolute Gasteiger partial charge is 0.390 e. The van der Waals surface area contributed by atoms with E-state index in [1.54, 1.807) is 12.2 Å². The van der Waals surface area contributed by atoms with Crippen LogP contribution >= 0.6 is 0 Å².